The molecule has 28 heavy (non-hydrogen) atoms. The first-order valence-electron chi connectivity index (χ1n) is 8.62. The predicted molar refractivity (Wildman–Crippen MR) is 107 cm³/mol. The van der Waals surface area contributed by atoms with Crippen LogP contribution in [0.3, 0.4) is 0 Å². The van der Waals surface area contributed by atoms with E-state index >= 15 is 0 Å². The van der Waals surface area contributed by atoms with Gasteiger partial charge < -0.3 is 9.73 Å². The number of hydrogen-bond donors (Lipinski definition) is 1. The van der Waals surface area contributed by atoms with Crippen molar-refractivity contribution in [2.75, 3.05) is 0 Å². The molecule has 4 aromatic rings. The molecule has 142 valence electrons. The number of hydrogen-bond acceptors (Lipinski definition) is 6. The van der Waals surface area contributed by atoms with Crippen molar-refractivity contribution in [3.05, 3.63) is 80.8 Å². The summed E-state index contributed by atoms with van der Waals surface area (Å²) in [6.07, 6.45) is 0.567. The Hall–Kier alpha value is -2.84. The number of thiophene rings is 2. The van der Waals surface area contributed by atoms with E-state index < -0.39 is 0 Å². The van der Waals surface area contributed by atoms with E-state index in [1.807, 2.05) is 34.3 Å². The molecule has 3 heterocycles. The van der Waals surface area contributed by atoms with Crippen LogP contribution in [0.2, 0.25) is 0 Å². The third-order valence-corrected chi connectivity index (χ3v) is 5.76. The summed E-state index contributed by atoms with van der Waals surface area (Å²) in [6, 6.07) is 11.6. The Labute approximate surface area is 168 Å². The Balaban J connectivity index is 1.41. The SMILES string of the molecule is O=C(CCc1nnc(-c2ccsc2)o1)N[C@@H](c1ccc(F)cc1)c1cccs1. The third-order valence-electron chi connectivity index (χ3n) is 4.14. The highest BCUT2D eigenvalue weighted by atomic mass is 32.1. The number of nitrogens with zero attached hydrogens (tertiary/aromatic N) is 2. The maximum absolute atomic E-state index is 13.3. The van der Waals surface area contributed by atoms with Gasteiger partial charge in [-0.25, -0.2) is 4.39 Å². The van der Waals surface area contributed by atoms with Gasteiger partial charge in [-0.05, 0) is 40.6 Å². The minimum absolute atomic E-state index is 0.141. The van der Waals surface area contributed by atoms with E-state index in [0.29, 0.717) is 18.2 Å². The molecular formula is C20H16FN3O2S2. The van der Waals surface area contributed by atoms with Gasteiger partial charge in [0.1, 0.15) is 5.82 Å². The summed E-state index contributed by atoms with van der Waals surface area (Å²) in [5, 5.41) is 16.9. The van der Waals surface area contributed by atoms with Crippen LogP contribution in [0.15, 0.2) is 63.0 Å². The summed E-state index contributed by atoms with van der Waals surface area (Å²) in [6.45, 7) is 0. The van der Waals surface area contributed by atoms with Gasteiger partial charge in [-0.2, -0.15) is 11.3 Å². The molecule has 0 radical (unpaired) electrons. The quantitative estimate of drug-likeness (QED) is 0.471. The highest BCUT2D eigenvalue weighted by Crippen LogP contribution is 2.26. The molecule has 3 aromatic heterocycles. The summed E-state index contributed by atoms with van der Waals surface area (Å²) < 4.78 is 18.9. The number of aryl methyl sites for hydroxylation is 1. The molecule has 0 aliphatic carbocycles. The van der Waals surface area contributed by atoms with Crippen molar-refractivity contribution in [1.29, 1.82) is 0 Å². The number of aromatic nitrogens is 2. The Bertz CT molecular complexity index is 1030. The molecular weight excluding hydrogens is 397 g/mol. The number of rotatable bonds is 7. The number of carbonyl (C=O) groups excluding carboxylic acids is 1. The van der Waals surface area contributed by atoms with Gasteiger partial charge in [0.15, 0.2) is 0 Å². The fraction of sp³-hybridized carbons (Fsp3) is 0.150. The highest BCUT2D eigenvalue weighted by molar-refractivity contribution is 7.10. The van der Waals surface area contributed by atoms with Crippen molar-refractivity contribution >= 4 is 28.6 Å². The molecule has 0 aliphatic heterocycles. The van der Waals surface area contributed by atoms with Gasteiger partial charge >= 0.3 is 0 Å². The van der Waals surface area contributed by atoms with Crippen LogP contribution < -0.4 is 5.32 Å². The molecule has 1 N–H and O–H groups in total. The third kappa shape index (κ3) is 4.35. The first-order chi connectivity index (χ1) is 13.7. The fourth-order valence-corrected chi connectivity index (χ4v) is 4.17. The first kappa shape index (κ1) is 18.5. The molecule has 0 saturated heterocycles. The van der Waals surface area contributed by atoms with Crippen LogP contribution >= 0.6 is 22.7 Å². The summed E-state index contributed by atoms with van der Waals surface area (Å²) in [4.78, 5) is 13.5. The normalized spacial score (nSPS) is 12.0. The van der Waals surface area contributed by atoms with Crippen LogP contribution in [0.4, 0.5) is 4.39 Å². The molecule has 1 atom stereocenters. The largest absolute Gasteiger partial charge is 0.421 e. The van der Waals surface area contributed by atoms with Gasteiger partial charge in [0.2, 0.25) is 17.7 Å². The Morgan fingerprint density at radius 2 is 2.00 bits per heavy atom. The minimum Gasteiger partial charge on any atom is -0.421 e. The molecule has 5 nitrogen and oxygen atoms in total. The van der Waals surface area contributed by atoms with Crippen molar-refractivity contribution in [2.24, 2.45) is 0 Å². The van der Waals surface area contributed by atoms with Crippen LogP contribution in [-0.2, 0) is 11.2 Å². The Morgan fingerprint density at radius 1 is 1.14 bits per heavy atom. The molecule has 0 fully saturated rings. The van der Waals surface area contributed by atoms with Gasteiger partial charge in [-0.15, -0.1) is 21.5 Å². The zero-order chi connectivity index (χ0) is 19.3. The van der Waals surface area contributed by atoms with E-state index in [4.69, 9.17) is 4.42 Å². The second kappa shape index (κ2) is 8.45. The van der Waals surface area contributed by atoms with Crippen LogP contribution in [0, 0.1) is 5.82 Å². The van der Waals surface area contributed by atoms with E-state index in [0.717, 1.165) is 16.0 Å². The lowest BCUT2D eigenvalue weighted by Gasteiger charge is -2.18. The van der Waals surface area contributed by atoms with Crippen molar-refractivity contribution < 1.29 is 13.6 Å². The highest BCUT2D eigenvalue weighted by Gasteiger charge is 2.19. The maximum Gasteiger partial charge on any atom is 0.248 e. The average molecular weight is 413 g/mol. The summed E-state index contributed by atoms with van der Waals surface area (Å²) >= 11 is 3.09. The fourth-order valence-electron chi connectivity index (χ4n) is 2.74. The van der Waals surface area contributed by atoms with Gasteiger partial charge in [-0.1, -0.05) is 18.2 Å². The molecule has 0 saturated carbocycles. The predicted octanol–water partition coefficient (Wildman–Crippen LogP) is 4.84. The standard InChI is InChI=1S/C20H16FN3O2S2/c21-15-5-3-13(4-6-15)19(16-2-1-10-28-16)22-17(25)7-8-18-23-24-20(26-18)14-9-11-27-12-14/h1-6,9-12,19H,7-8H2,(H,22,25)/t19-/m0/s1. The minimum atomic E-state index is -0.322. The van der Waals surface area contributed by atoms with Crippen LogP contribution in [0.5, 0.6) is 0 Å². The van der Waals surface area contributed by atoms with Gasteiger partial charge in [0.05, 0.1) is 6.04 Å². The molecule has 0 aliphatic rings. The van der Waals surface area contributed by atoms with Crippen LogP contribution in [0.25, 0.3) is 11.5 Å². The Kier molecular flexibility index (Phi) is 5.59. The molecule has 8 heteroatoms. The zero-order valence-corrected chi connectivity index (χ0v) is 16.3. The summed E-state index contributed by atoms with van der Waals surface area (Å²) in [5.41, 5.74) is 1.71. The number of benzene rings is 1. The maximum atomic E-state index is 13.3. The van der Waals surface area contributed by atoms with Crippen LogP contribution in [0.1, 0.15) is 28.8 Å². The lowest BCUT2D eigenvalue weighted by molar-refractivity contribution is -0.121. The van der Waals surface area contributed by atoms with E-state index in [1.165, 1.54) is 23.5 Å². The van der Waals surface area contributed by atoms with Crippen molar-refractivity contribution in [1.82, 2.24) is 15.5 Å². The van der Waals surface area contributed by atoms with Gasteiger partial charge in [0, 0.05) is 28.7 Å². The van der Waals surface area contributed by atoms with Crippen LogP contribution in [-0.4, -0.2) is 16.1 Å². The van der Waals surface area contributed by atoms with Crippen molar-refractivity contribution in [3.63, 3.8) is 0 Å². The van der Waals surface area contributed by atoms with E-state index in [1.54, 1.807) is 23.5 Å². The zero-order valence-electron chi connectivity index (χ0n) is 14.7. The monoisotopic (exact) mass is 413 g/mol. The molecule has 0 spiro atoms. The lowest BCUT2D eigenvalue weighted by Crippen LogP contribution is -2.29. The second-order valence-corrected chi connectivity index (χ2v) is 7.84. The van der Waals surface area contributed by atoms with Gasteiger partial charge in [-0.3, -0.25) is 4.79 Å². The van der Waals surface area contributed by atoms with E-state index in [2.05, 4.69) is 15.5 Å². The second-order valence-electron chi connectivity index (χ2n) is 6.08. The molecule has 4 rings (SSSR count). The number of halogens is 1. The number of nitrogens with one attached hydrogen (secondary N) is 1. The average Bonchev–Trinajstić information content (AvgIpc) is 3.47. The number of amides is 1. The molecule has 0 unspecified atom stereocenters. The van der Waals surface area contributed by atoms with Gasteiger partial charge in [0.25, 0.3) is 0 Å². The van der Waals surface area contributed by atoms with Crippen molar-refractivity contribution in [2.45, 2.75) is 18.9 Å². The molecule has 1 amide bonds. The lowest BCUT2D eigenvalue weighted by atomic mass is 10.0. The van der Waals surface area contributed by atoms with E-state index in [-0.39, 0.29) is 24.2 Å². The molecule has 1 aromatic carbocycles. The summed E-state index contributed by atoms with van der Waals surface area (Å²) in [5.74, 6) is 0.432. The first-order valence-corrected chi connectivity index (χ1v) is 10.4. The number of carbonyl (C=O) groups is 1. The summed E-state index contributed by atoms with van der Waals surface area (Å²) in [7, 11) is 0. The Morgan fingerprint density at radius 3 is 2.71 bits per heavy atom. The smallest absolute Gasteiger partial charge is 0.248 e. The van der Waals surface area contributed by atoms with Crippen molar-refractivity contribution in [3.8, 4) is 11.5 Å². The molecule has 0 bridgehead atoms. The topological polar surface area (TPSA) is 68.0 Å². The van der Waals surface area contributed by atoms with E-state index in [9.17, 15) is 9.18 Å².